The summed E-state index contributed by atoms with van der Waals surface area (Å²) in [5, 5.41) is 14.0. The van der Waals surface area contributed by atoms with Gasteiger partial charge in [0.05, 0.1) is 22.3 Å². The van der Waals surface area contributed by atoms with E-state index in [1.54, 1.807) is 24.5 Å². The first-order valence-corrected chi connectivity index (χ1v) is 6.02. The molecule has 8 heteroatoms. The van der Waals surface area contributed by atoms with Gasteiger partial charge in [-0.3, -0.25) is 10.1 Å². The lowest BCUT2D eigenvalue weighted by Crippen LogP contribution is -1.99. The van der Waals surface area contributed by atoms with Gasteiger partial charge in [0.1, 0.15) is 5.15 Å². The molecule has 1 aromatic carbocycles. The van der Waals surface area contributed by atoms with Crippen LogP contribution in [0.15, 0.2) is 36.7 Å². The lowest BCUT2D eigenvalue weighted by atomic mass is 10.2. The smallest absolute Gasteiger partial charge is 0.311 e. The predicted molar refractivity (Wildman–Crippen MR) is 75.3 cm³/mol. The van der Waals surface area contributed by atoms with Crippen molar-refractivity contribution >= 4 is 39.8 Å². The maximum atomic E-state index is 11.0. The number of halogens is 1. The predicted octanol–water partition coefficient (Wildman–Crippen LogP) is 3.26. The second-order valence-corrected chi connectivity index (χ2v) is 4.41. The Labute approximate surface area is 117 Å². The Morgan fingerprint density at radius 3 is 2.95 bits per heavy atom. The van der Waals surface area contributed by atoms with Crippen molar-refractivity contribution in [2.75, 3.05) is 5.32 Å². The number of nitrogens with zero attached hydrogens (tertiary/aromatic N) is 3. The molecule has 0 unspecified atom stereocenters. The third-order valence-corrected chi connectivity index (χ3v) is 2.93. The molecule has 2 aromatic heterocycles. The SMILES string of the molecule is O=[N+]([O-])c1ccc(Cl)nc1Nc1ccc2nc[nH]c2c1. The topological polar surface area (TPSA) is 96.7 Å². The molecule has 0 aliphatic carbocycles. The molecule has 3 rings (SSSR count). The number of nitro groups is 1. The third kappa shape index (κ3) is 2.26. The average Bonchev–Trinajstić information content (AvgIpc) is 2.85. The maximum absolute atomic E-state index is 11.0. The molecule has 0 spiro atoms. The summed E-state index contributed by atoms with van der Waals surface area (Å²) in [6, 6.07) is 8.03. The minimum absolute atomic E-state index is 0.0985. The number of H-pyrrole nitrogens is 1. The van der Waals surface area contributed by atoms with Crippen molar-refractivity contribution in [1.82, 2.24) is 15.0 Å². The zero-order valence-electron chi connectivity index (χ0n) is 10.0. The molecule has 0 saturated carbocycles. The lowest BCUT2D eigenvalue weighted by Gasteiger charge is -2.06. The zero-order chi connectivity index (χ0) is 14.1. The van der Waals surface area contributed by atoms with Crippen LogP contribution < -0.4 is 5.32 Å². The molecule has 0 amide bonds. The summed E-state index contributed by atoms with van der Waals surface area (Å²) < 4.78 is 0. The molecule has 2 heterocycles. The Morgan fingerprint density at radius 1 is 1.30 bits per heavy atom. The Hall–Kier alpha value is -2.67. The highest BCUT2D eigenvalue weighted by atomic mass is 35.5. The lowest BCUT2D eigenvalue weighted by molar-refractivity contribution is -0.384. The van der Waals surface area contributed by atoms with Gasteiger partial charge in [0.15, 0.2) is 0 Å². The number of hydrogen-bond donors (Lipinski definition) is 2. The Bertz CT molecular complexity index is 801. The van der Waals surface area contributed by atoms with Crippen molar-refractivity contribution in [2.24, 2.45) is 0 Å². The monoisotopic (exact) mass is 289 g/mol. The molecule has 0 radical (unpaired) electrons. The number of pyridine rings is 1. The van der Waals surface area contributed by atoms with Gasteiger partial charge < -0.3 is 10.3 Å². The van der Waals surface area contributed by atoms with Gasteiger partial charge in [-0.15, -0.1) is 0 Å². The number of rotatable bonds is 3. The van der Waals surface area contributed by atoms with Crippen molar-refractivity contribution in [3.05, 3.63) is 51.9 Å². The van der Waals surface area contributed by atoms with Crippen molar-refractivity contribution in [2.45, 2.75) is 0 Å². The van der Waals surface area contributed by atoms with Crippen LogP contribution in [0.3, 0.4) is 0 Å². The standard InChI is InChI=1S/C12H8ClN5O2/c13-11-4-3-10(18(19)20)12(17-11)16-7-1-2-8-9(5-7)15-6-14-8/h1-6H,(H,14,15)(H,16,17). The summed E-state index contributed by atoms with van der Waals surface area (Å²) in [7, 11) is 0. The molecule has 20 heavy (non-hydrogen) atoms. The number of fused-ring (bicyclic) bond motifs is 1. The number of aromatic nitrogens is 3. The Balaban J connectivity index is 2.01. The summed E-state index contributed by atoms with van der Waals surface area (Å²) in [5.74, 6) is 0.0985. The zero-order valence-corrected chi connectivity index (χ0v) is 10.8. The van der Waals surface area contributed by atoms with Gasteiger partial charge in [0.25, 0.3) is 0 Å². The van der Waals surface area contributed by atoms with E-state index in [1.807, 2.05) is 0 Å². The normalized spacial score (nSPS) is 10.7. The van der Waals surface area contributed by atoms with E-state index in [2.05, 4.69) is 20.3 Å². The summed E-state index contributed by atoms with van der Waals surface area (Å²) in [6.45, 7) is 0. The van der Waals surface area contributed by atoms with E-state index in [0.717, 1.165) is 11.0 Å². The van der Waals surface area contributed by atoms with Gasteiger partial charge in [0.2, 0.25) is 5.82 Å². The van der Waals surface area contributed by atoms with Gasteiger partial charge in [-0.05, 0) is 24.3 Å². The van der Waals surface area contributed by atoms with E-state index in [9.17, 15) is 10.1 Å². The van der Waals surface area contributed by atoms with E-state index in [-0.39, 0.29) is 16.7 Å². The van der Waals surface area contributed by atoms with Crippen LogP contribution in [0.1, 0.15) is 0 Å². The van der Waals surface area contributed by atoms with Crippen LogP contribution in [0.4, 0.5) is 17.2 Å². The number of hydrogen-bond acceptors (Lipinski definition) is 5. The molecule has 0 saturated heterocycles. The first-order valence-electron chi connectivity index (χ1n) is 5.64. The fourth-order valence-corrected chi connectivity index (χ4v) is 1.96. The van der Waals surface area contributed by atoms with Gasteiger partial charge in [-0.25, -0.2) is 9.97 Å². The molecule has 100 valence electrons. The number of aromatic amines is 1. The largest absolute Gasteiger partial charge is 0.345 e. The molecule has 2 N–H and O–H groups in total. The summed E-state index contributed by atoms with van der Waals surface area (Å²) in [4.78, 5) is 21.5. The highest BCUT2D eigenvalue weighted by Crippen LogP contribution is 2.28. The fourth-order valence-electron chi connectivity index (χ4n) is 1.82. The van der Waals surface area contributed by atoms with Crippen molar-refractivity contribution in [1.29, 1.82) is 0 Å². The molecule has 0 bridgehead atoms. The van der Waals surface area contributed by atoms with Gasteiger partial charge in [0, 0.05) is 11.8 Å². The van der Waals surface area contributed by atoms with E-state index >= 15 is 0 Å². The van der Waals surface area contributed by atoms with E-state index in [4.69, 9.17) is 11.6 Å². The number of imidazole rings is 1. The molecule has 0 atom stereocenters. The fraction of sp³-hybridized carbons (Fsp3) is 0. The van der Waals surface area contributed by atoms with E-state index in [1.165, 1.54) is 12.1 Å². The molecule has 0 aliphatic heterocycles. The van der Waals surface area contributed by atoms with E-state index < -0.39 is 4.92 Å². The van der Waals surface area contributed by atoms with Crippen LogP contribution in [-0.4, -0.2) is 19.9 Å². The highest BCUT2D eigenvalue weighted by molar-refractivity contribution is 6.29. The van der Waals surface area contributed by atoms with Gasteiger partial charge in [-0.2, -0.15) is 0 Å². The second kappa shape index (κ2) is 4.78. The molecule has 0 aliphatic rings. The van der Waals surface area contributed by atoms with Crippen LogP contribution in [-0.2, 0) is 0 Å². The van der Waals surface area contributed by atoms with Crippen LogP contribution in [0, 0.1) is 10.1 Å². The summed E-state index contributed by atoms with van der Waals surface area (Å²) in [5.41, 5.74) is 2.14. The van der Waals surface area contributed by atoms with Crippen LogP contribution in [0.5, 0.6) is 0 Å². The van der Waals surface area contributed by atoms with Crippen LogP contribution in [0.25, 0.3) is 11.0 Å². The number of nitrogens with one attached hydrogen (secondary N) is 2. The molecular weight excluding hydrogens is 282 g/mol. The van der Waals surface area contributed by atoms with Gasteiger partial charge >= 0.3 is 5.69 Å². The first kappa shape index (κ1) is 12.4. The highest BCUT2D eigenvalue weighted by Gasteiger charge is 2.16. The molecule has 7 nitrogen and oxygen atoms in total. The quantitative estimate of drug-likeness (QED) is 0.438. The van der Waals surface area contributed by atoms with E-state index in [0.29, 0.717) is 5.69 Å². The number of benzene rings is 1. The molecule has 0 fully saturated rings. The van der Waals surface area contributed by atoms with Crippen LogP contribution >= 0.6 is 11.6 Å². The average molecular weight is 290 g/mol. The Kier molecular flexibility index (Phi) is 2.96. The summed E-state index contributed by atoms with van der Waals surface area (Å²) >= 11 is 5.78. The van der Waals surface area contributed by atoms with Crippen LogP contribution in [0.2, 0.25) is 5.15 Å². The van der Waals surface area contributed by atoms with Crippen molar-refractivity contribution in [3.8, 4) is 0 Å². The second-order valence-electron chi connectivity index (χ2n) is 4.02. The van der Waals surface area contributed by atoms with Crippen molar-refractivity contribution < 1.29 is 4.92 Å². The third-order valence-electron chi connectivity index (χ3n) is 2.72. The van der Waals surface area contributed by atoms with Gasteiger partial charge in [-0.1, -0.05) is 11.6 Å². The number of anilines is 2. The first-order chi connectivity index (χ1) is 9.63. The minimum atomic E-state index is -0.514. The Morgan fingerprint density at radius 2 is 2.15 bits per heavy atom. The summed E-state index contributed by atoms with van der Waals surface area (Å²) in [6.07, 6.45) is 1.58. The minimum Gasteiger partial charge on any atom is -0.345 e. The molecule has 3 aromatic rings. The molecular formula is C12H8ClN5O2. The maximum Gasteiger partial charge on any atom is 0.311 e. The van der Waals surface area contributed by atoms with Crippen molar-refractivity contribution in [3.63, 3.8) is 0 Å².